The van der Waals surface area contributed by atoms with Crippen LogP contribution in [0.4, 0.5) is 10.2 Å². The fourth-order valence-corrected chi connectivity index (χ4v) is 4.40. The number of halogens is 1. The lowest BCUT2D eigenvalue weighted by molar-refractivity contribution is 0.0860. The number of pyridine rings is 1. The van der Waals surface area contributed by atoms with Crippen LogP contribution in [-0.2, 0) is 0 Å². The Labute approximate surface area is 203 Å². The first-order chi connectivity index (χ1) is 16.9. The van der Waals surface area contributed by atoms with Crippen molar-refractivity contribution in [3.05, 3.63) is 72.7 Å². The number of fused-ring (bicyclic) bond motifs is 1. The number of aromatic nitrogens is 3. The van der Waals surface area contributed by atoms with E-state index in [1.807, 2.05) is 18.3 Å². The third-order valence-electron chi connectivity index (χ3n) is 6.38. The Morgan fingerprint density at radius 3 is 2.57 bits per heavy atom. The predicted molar refractivity (Wildman–Crippen MR) is 134 cm³/mol. The third kappa shape index (κ3) is 5.33. The Morgan fingerprint density at radius 2 is 1.83 bits per heavy atom. The maximum absolute atomic E-state index is 13.0. The van der Waals surface area contributed by atoms with Crippen LogP contribution < -0.4 is 10.1 Å². The van der Waals surface area contributed by atoms with Crippen LogP contribution in [0.1, 0.15) is 36.2 Å². The summed E-state index contributed by atoms with van der Waals surface area (Å²) in [6.45, 7) is 3.48. The minimum absolute atomic E-state index is 0.299. The molecule has 5 rings (SSSR count). The minimum Gasteiger partial charge on any atom is -0.461 e. The van der Waals surface area contributed by atoms with Gasteiger partial charge < -0.3 is 15.0 Å². The number of likely N-dealkylation sites (tertiary alicyclic amines) is 1. The normalized spacial score (nSPS) is 15.7. The number of anilines is 1. The predicted octanol–water partition coefficient (Wildman–Crippen LogP) is 5.31. The first-order valence-electron chi connectivity index (χ1n) is 11.8. The molecule has 2 aromatic heterocycles. The van der Waals surface area contributed by atoms with Crippen molar-refractivity contribution in [1.29, 1.82) is 0 Å². The molecule has 3 heterocycles. The van der Waals surface area contributed by atoms with Crippen LogP contribution in [0, 0.1) is 0 Å². The summed E-state index contributed by atoms with van der Waals surface area (Å²) in [5, 5.41) is 9.42. The van der Waals surface area contributed by atoms with Crippen LogP contribution in [0.2, 0.25) is 0 Å². The van der Waals surface area contributed by atoms with Gasteiger partial charge in [-0.05, 0) is 80.3 Å². The molecule has 1 N–H and O–H groups in total. The van der Waals surface area contributed by atoms with E-state index in [9.17, 15) is 9.18 Å². The van der Waals surface area contributed by atoms with Gasteiger partial charge in [0.2, 0.25) is 6.36 Å². The van der Waals surface area contributed by atoms with Crippen molar-refractivity contribution in [2.45, 2.75) is 32.2 Å². The van der Waals surface area contributed by atoms with E-state index >= 15 is 0 Å². The Bertz CT molecular complexity index is 1330. The summed E-state index contributed by atoms with van der Waals surface area (Å²) in [6.07, 6.45) is 6.59. The average Bonchev–Trinajstić information content (AvgIpc) is 3.34. The van der Waals surface area contributed by atoms with E-state index in [2.05, 4.69) is 50.4 Å². The van der Waals surface area contributed by atoms with Crippen molar-refractivity contribution in [1.82, 2.24) is 19.7 Å². The number of nitrogens with one attached hydrogen (secondary N) is 1. The highest BCUT2D eigenvalue weighted by Gasteiger charge is 2.19. The molecule has 1 unspecified atom stereocenters. The lowest BCUT2D eigenvalue weighted by Gasteiger charge is -2.28. The summed E-state index contributed by atoms with van der Waals surface area (Å²) in [5.41, 5.74) is 2.57. The number of ether oxygens (including phenoxy) is 1. The van der Waals surface area contributed by atoms with Crippen molar-refractivity contribution in [2.24, 2.45) is 0 Å². The molecular formula is C27H28FN5O2. The number of benzene rings is 2. The summed E-state index contributed by atoms with van der Waals surface area (Å²) in [6, 6.07) is 14.8. The van der Waals surface area contributed by atoms with E-state index in [4.69, 9.17) is 4.74 Å². The largest absolute Gasteiger partial charge is 0.461 e. The van der Waals surface area contributed by atoms with Gasteiger partial charge in [0.05, 0.1) is 12.2 Å². The zero-order chi connectivity index (χ0) is 24.4. The van der Waals surface area contributed by atoms with E-state index in [1.165, 1.54) is 6.92 Å². The number of rotatable bonds is 6. The van der Waals surface area contributed by atoms with Gasteiger partial charge in [-0.15, -0.1) is 0 Å². The molecule has 0 aliphatic carbocycles. The second-order valence-electron chi connectivity index (χ2n) is 9.01. The molecule has 35 heavy (non-hydrogen) atoms. The zero-order valence-corrected chi connectivity index (χ0v) is 19.8. The molecule has 1 saturated heterocycles. The Balaban J connectivity index is 1.32. The first-order valence-corrected chi connectivity index (χ1v) is 11.8. The maximum Gasteiger partial charge on any atom is 0.256 e. The molecule has 1 amide bonds. The van der Waals surface area contributed by atoms with Gasteiger partial charge in [0.1, 0.15) is 11.6 Å². The van der Waals surface area contributed by atoms with Gasteiger partial charge in [0, 0.05) is 35.8 Å². The molecule has 1 aliphatic rings. The van der Waals surface area contributed by atoms with Crippen molar-refractivity contribution < 1.29 is 13.9 Å². The van der Waals surface area contributed by atoms with Crippen LogP contribution >= 0.6 is 0 Å². The number of carbonyl (C=O) groups is 1. The number of nitrogens with zero attached hydrogens (tertiary/aromatic N) is 4. The summed E-state index contributed by atoms with van der Waals surface area (Å²) < 4.78 is 20.1. The Kier molecular flexibility index (Phi) is 6.46. The van der Waals surface area contributed by atoms with E-state index < -0.39 is 6.36 Å². The smallest absolute Gasteiger partial charge is 0.256 e. The fraction of sp³-hybridized carbons (Fsp3) is 0.296. The molecular weight excluding hydrogens is 445 g/mol. The van der Waals surface area contributed by atoms with Crippen LogP contribution in [0.5, 0.6) is 5.75 Å². The molecule has 8 heteroatoms. The summed E-state index contributed by atoms with van der Waals surface area (Å²) in [7, 11) is 2.16. The number of alkyl halides is 1. The molecule has 1 atom stereocenters. The van der Waals surface area contributed by atoms with E-state index in [0.717, 1.165) is 47.8 Å². The number of amides is 1. The first kappa shape index (κ1) is 23.0. The highest BCUT2D eigenvalue weighted by atomic mass is 19.1. The number of hydrogen-bond acceptors (Lipinski definition) is 5. The minimum atomic E-state index is -1.41. The van der Waals surface area contributed by atoms with Gasteiger partial charge in [-0.2, -0.15) is 5.10 Å². The molecule has 2 aromatic carbocycles. The van der Waals surface area contributed by atoms with Crippen LogP contribution in [-0.4, -0.2) is 52.1 Å². The number of hydrogen-bond donors (Lipinski definition) is 1. The molecule has 4 aromatic rings. The Morgan fingerprint density at radius 1 is 1.06 bits per heavy atom. The highest BCUT2D eigenvalue weighted by Crippen LogP contribution is 2.28. The van der Waals surface area contributed by atoms with Gasteiger partial charge in [-0.3, -0.25) is 9.48 Å². The van der Waals surface area contributed by atoms with Gasteiger partial charge in [0.15, 0.2) is 0 Å². The van der Waals surface area contributed by atoms with E-state index in [-0.39, 0.29) is 5.91 Å². The van der Waals surface area contributed by atoms with Gasteiger partial charge >= 0.3 is 0 Å². The molecule has 0 saturated carbocycles. The SMILES string of the molecule is CC(F)Oc1ccc(C(=O)Nc2cc3cc(-c4cnn(C5CCN(C)CC5)c4)ccc3cn2)cc1. The van der Waals surface area contributed by atoms with Gasteiger partial charge in [-0.1, -0.05) is 12.1 Å². The summed E-state index contributed by atoms with van der Waals surface area (Å²) in [5.74, 6) is 0.527. The van der Waals surface area contributed by atoms with Gasteiger partial charge in [0.25, 0.3) is 5.91 Å². The molecule has 0 radical (unpaired) electrons. The van der Waals surface area contributed by atoms with Crippen molar-refractivity contribution in [3.63, 3.8) is 0 Å². The van der Waals surface area contributed by atoms with Crippen molar-refractivity contribution >= 4 is 22.5 Å². The molecule has 0 spiro atoms. The summed E-state index contributed by atoms with van der Waals surface area (Å²) in [4.78, 5) is 19.4. The van der Waals surface area contributed by atoms with Crippen molar-refractivity contribution in [2.75, 3.05) is 25.5 Å². The van der Waals surface area contributed by atoms with E-state index in [1.54, 1.807) is 30.5 Å². The second-order valence-corrected chi connectivity index (χ2v) is 9.01. The van der Waals surface area contributed by atoms with Gasteiger partial charge in [-0.25, -0.2) is 9.37 Å². The second kappa shape index (κ2) is 9.84. The molecule has 180 valence electrons. The van der Waals surface area contributed by atoms with E-state index in [0.29, 0.717) is 23.2 Å². The third-order valence-corrected chi connectivity index (χ3v) is 6.38. The number of piperidine rings is 1. The molecule has 1 fully saturated rings. The fourth-order valence-electron chi connectivity index (χ4n) is 4.40. The van der Waals surface area contributed by atoms with Crippen LogP contribution in [0.3, 0.4) is 0 Å². The standard InChI is InChI=1S/C27H28FN5O2/c1-18(28)35-25-7-5-19(6-8-25)27(34)31-26-14-22-13-20(3-4-21(22)15-29-26)23-16-30-33(17-23)24-9-11-32(2)12-10-24/h3-8,13-18,24H,9-12H2,1-2H3,(H,29,31,34). The molecule has 7 nitrogen and oxygen atoms in total. The lowest BCUT2D eigenvalue weighted by Crippen LogP contribution is -2.31. The summed E-state index contributed by atoms with van der Waals surface area (Å²) >= 11 is 0. The van der Waals surface area contributed by atoms with Crippen LogP contribution in [0.15, 0.2) is 67.1 Å². The van der Waals surface area contributed by atoms with Crippen LogP contribution in [0.25, 0.3) is 21.9 Å². The maximum atomic E-state index is 13.0. The highest BCUT2D eigenvalue weighted by molar-refractivity contribution is 6.04. The molecule has 0 bridgehead atoms. The quantitative estimate of drug-likeness (QED) is 0.411. The monoisotopic (exact) mass is 473 g/mol. The van der Waals surface area contributed by atoms with Crippen molar-refractivity contribution in [3.8, 4) is 16.9 Å². The molecule has 1 aliphatic heterocycles. The topological polar surface area (TPSA) is 72.3 Å². The number of carbonyl (C=O) groups excluding carboxylic acids is 1. The zero-order valence-electron chi connectivity index (χ0n) is 19.8. The lowest BCUT2D eigenvalue weighted by atomic mass is 10.0. The average molecular weight is 474 g/mol. The Hall–Kier alpha value is -3.78.